The van der Waals surface area contributed by atoms with Gasteiger partial charge in [0.15, 0.2) is 0 Å². The number of halogens is 1. The van der Waals surface area contributed by atoms with Gasteiger partial charge in [-0.1, -0.05) is 30.3 Å². The van der Waals surface area contributed by atoms with Gasteiger partial charge in [0.05, 0.1) is 0 Å². The van der Waals surface area contributed by atoms with E-state index in [0.717, 1.165) is 45.1 Å². The molecule has 0 radical (unpaired) electrons. The Balaban J connectivity index is 0.00000280. The molecule has 0 spiro atoms. The minimum Gasteiger partial charge on any atom is -0.343 e. The van der Waals surface area contributed by atoms with Crippen LogP contribution in [0.15, 0.2) is 30.3 Å². The third-order valence-electron chi connectivity index (χ3n) is 6.11. The van der Waals surface area contributed by atoms with E-state index < -0.39 is 0 Å². The number of nitrogens with zero attached hydrogens (tertiary/aromatic N) is 2. The summed E-state index contributed by atoms with van der Waals surface area (Å²) in [5.41, 5.74) is 7.32. The summed E-state index contributed by atoms with van der Waals surface area (Å²) in [6.45, 7) is 4.23. The second kappa shape index (κ2) is 10.8. The number of amides is 2. The molecule has 2 N–H and O–H groups in total. The number of hydrogen-bond acceptors (Lipinski definition) is 3. The molecule has 1 aromatic rings. The highest BCUT2D eigenvalue weighted by Crippen LogP contribution is 2.26. The second-order valence-electron chi connectivity index (χ2n) is 8.09. The monoisotopic (exact) mass is 407 g/mol. The average Bonchev–Trinajstić information content (AvgIpc) is 2.72. The molecule has 2 heterocycles. The van der Waals surface area contributed by atoms with Gasteiger partial charge in [-0.15, -0.1) is 12.4 Å². The summed E-state index contributed by atoms with van der Waals surface area (Å²) in [6.07, 6.45) is 6.12. The van der Waals surface area contributed by atoms with Crippen LogP contribution < -0.4 is 5.73 Å². The smallest absolute Gasteiger partial charge is 0.226 e. The van der Waals surface area contributed by atoms with Crippen molar-refractivity contribution in [2.75, 3.05) is 19.6 Å². The van der Waals surface area contributed by atoms with Gasteiger partial charge < -0.3 is 15.5 Å². The number of hydrogen-bond donors (Lipinski definition) is 1. The summed E-state index contributed by atoms with van der Waals surface area (Å²) in [6, 6.07) is 10.3. The Labute approximate surface area is 175 Å². The third-order valence-corrected chi connectivity index (χ3v) is 6.11. The van der Waals surface area contributed by atoms with Crippen LogP contribution in [0.1, 0.15) is 51.0 Å². The predicted molar refractivity (Wildman–Crippen MR) is 114 cm³/mol. The van der Waals surface area contributed by atoms with E-state index in [1.165, 1.54) is 5.56 Å². The molecule has 2 saturated heterocycles. The largest absolute Gasteiger partial charge is 0.343 e. The number of carbonyl (C=O) groups excluding carboxylic acids is 2. The molecule has 156 valence electrons. The zero-order chi connectivity index (χ0) is 19.2. The maximum absolute atomic E-state index is 13.0. The molecule has 6 heteroatoms. The minimum atomic E-state index is 0. The molecule has 28 heavy (non-hydrogen) atoms. The normalized spacial score (nSPS) is 21.7. The van der Waals surface area contributed by atoms with Crippen LogP contribution in [0.5, 0.6) is 0 Å². The van der Waals surface area contributed by atoms with E-state index in [9.17, 15) is 9.59 Å². The fraction of sp³-hybridized carbons (Fsp3) is 0.636. The van der Waals surface area contributed by atoms with Gasteiger partial charge in [0, 0.05) is 44.1 Å². The van der Waals surface area contributed by atoms with Crippen LogP contribution in [0.3, 0.4) is 0 Å². The quantitative estimate of drug-likeness (QED) is 0.815. The SMILES string of the molecule is CC(N)C1CCCCN1C(=O)C1CCN(C(=O)CCc2ccccc2)CC1.Cl. The zero-order valence-electron chi connectivity index (χ0n) is 16.9. The zero-order valence-corrected chi connectivity index (χ0v) is 17.7. The van der Waals surface area contributed by atoms with Crippen molar-refractivity contribution < 1.29 is 9.59 Å². The highest BCUT2D eigenvalue weighted by atomic mass is 35.5. The van der Waals surface area contributed by atoms with Gasteiger partial charge in [0.2, 0.25) is 11.8 Å². The van der Waals surface area contributed by atoms with Crippen molar-refractivity contribution in [3.05, 3.63) is 35.9 Å². The summed E-state index contributed by atoms with van der Waals surface area (Å²) in [5, 5.41) is 0. The molecule has 3 rings (SSSR count). The fourth-order valence-electron chi connectivity index (χ4n) is 4.44. The summed E-state index contributed by atoms with van der Waals surface area (Å²) in [7, 11) is 0. The van der Waals surface area contributed by atoms with Crippen LogP contribution in [-0.4, -0.2) is 53.3 Å². The Hall–Kier alpha value is -1.59. The van der Waals surface area contributed by atoms with Gasteiger partial charge in [-0.25, -0.2) is 0 Å². The first-order valence-corrected chi connectivity index (χ1v) is 10.4. The lowest BCUT2D eigenvalue weighted by Crippen LogP contribution is -2.54. The van der Waals surface area contributed by atoms with Crippen molar-refractivity contribution in [3.63, 3.8) is 0 Å². The number of rotatable bonds is 5. The van der Waals surface area contributed by atoms with E-state index in [1.54, 1.807) is 0 Å². The number of likely N-dealkylation sites (tertiary alicyclic amines) is 2. The molecule has 2 aliphatic heterocycles. The Morgan fingerprint density at radius 2 is 1.75 bits per heavy atom. The van der Waals surface area contributed by atoms with E-state index in [4.69, 9.17) is 5.73 Å². The average molecular weight is 408 g/mol. The summed E-state index contributed by atoms with van der Waals surface area (Å²) in [4.78, 5) is 29.5. The Bertz CT molecular complexity index is 630. The van der Waals surface area contributed by atoms with Crippen molar-refractivity contribution in [2.45, 2.75) is 64.0 Å². The standard InChI is InChI=1S/C22H33N3O2.ClH/c1-17(23)20-9-5-6-14-25(20)22(27)19-12-15-24(16-13-19)21(26)11-10-18-7-3-2-4-8-18;/h2-4,7-8,17,19-20H,5-6,9-16,23H2,1H3;1H. The van der Waals surface area contributed by atoms with Crippen LogP contribution in [0.4, 0.5) is 0 Å². The Morgan fingerprint density at radius 1 is 1.07 bits per heavy atom. The highest BCUT2D eigenvalue weighted by molar-refractivity contribution is 5.85. The molecule has 0 bridgehead atoms. The third kappa shape index (κ3) is 5.71. The van der Waals surface area contributed by atoms with Crippen molar-refractivity contribution in [1.82, 2.24) is 9.80 Å². The number of nitrogens with two attached hydrogens (primary N) is 1. The van der Waals surface area contributed by atoms with Gasteiger partial charge in [-0.3, -0.25) is 9.59 Å². The molecule has 0 saturated carbocycles. The van der Waals surface area contributed by atoms with E-state index in [1.807, 2.05) is 34.9 Å². The summed E-state index contributed by atoms with van der Waals surface area (Å²) >= 11 is 0. The summed E-state index contributed by atoms with van der Waals surface area (Å²) < 4.78 is 0. The molecule has 2 fully saturated rings. The van der Waals surface area contributed by atoms with Crippen molar-refractivity contribution >= 4 is 24.2 Å². The van der Waals surface area contributed by atoms with Crippen LogP contribution in [0.25, 0.3) is 0 Å². The van der Waals surface area contributed by atoms with Gasteiger partial charge in [0.1, 0.15) is 0 Å². The van der Waals surface area contributed by atoms with Crippen LogP contribution >= 0.6 is 12.4 Å². The molecule has 2 unspecified atom stereocenters. The van der Waals surface area contributed by atoms with E-state index in [0.29, 0.717) is 19.5 Å². The summed E-state index contributed by atoms with van der Waals surface area (Å²) in [5.74, 6) is 0.507. The van der Waals surface area contributed by atoms with Gasteiger partial charge >= 0.3 is 0 Å². The number of benzene rings is 1. The lowest BCUT2D eigenvalue weighted by Gasteiger charge is -2.41. The second-order valence-corrected chi connectivity index (χ2v) is 8.09. The molecule has 0 aromatic heterocycles. The van der Waals surface area contributed by atoms with Crippen molar-refractivity contribution in [2.24, 2.45) is 11.7 Å². The van der Waals surface area contributed by atoms with Crippen LogP contribution in [0.2, 0.25) is 0 Å². The van der Waals surface area contributed by atoms with Gasteiger partial charge in [-0.05, 0) is 51.0 Å². The first-order chi connectivity index (χ1) is 13.1. The maximum Gasteiger partial charge on any atom is 0.226 e. The van der Waals surface area contributed by atoms with Crippen molar-refractivity contribution in [3.8, 4) is 0 Å². The molecule has 1 aromatic carbocycles. The van der Waals surface area contributed by atoms with Crippen molar-refractivity contribution in [1.29, 1.82) is 0 Å². The maximum atomic E-state index is 13.0. The molecule has 2 aliphatic rings. The Kier molecular flexibility index (Phi) is 8.77. The van der Waals surface area contributed by atoms with Gasteiger partial charge in [0.25, 0.3) is 0 Å². The molecule has 5 nitrogen and oxygen atoms in total. The lowest BCUT2D eigenvalue weighted by atomic mass is 9.90. The highest BCUT2D eigenvalue weighted by Gasteiger charge is 2.35. The van der Waals surface area contributed by atoms with Crippen LogP contribution in [-0.2, 0) is 16.0 Å². The minimum absolute atomic E-state index is 0. The molecular weight excluding hydrogens is 374 g/mol. The first-order valence-electron chi connectivity index (χ1n) is 10.4. The van der Waals surface area contributed by atoms with Crippen LogP contribution in [0, 0.1) is 5.92 Å². The first kappa shape index (κ1) is 22.7. The number of piperidine rings is 2. The Morgan fingerprint density at radius 3 is 2.39 bits per heavy atom. The fourth-order valence-corrected chi connectivity index (χ4v) is 4.44. The lowest BCUT2D eigenvalue weighted by molar-refractivity contribution is -0.144. The number of aryl methyl sites for hydroxylation is 1. The predicted octanol–water partition coefficient (Wildman–Crippen LogP) is 3.01. The molecule has 2 atom stereocenters. The van der Waals surface area contributed by atoms with E-state index >= 15 is 0 Å². The van der Waals surface area contributed by atoms with E-state index in [-0.39, 0.29) is 42.2 Å². The molecule has 2 amide bonds. The number of carbonyl (C=O) groups is 2. The molecule has 0 aliphatic carbocycles. The van der Waals surface area contributed by atoms with Gasteiger partial charge in [-0.2, -0.15) is 0 Å². The topological polar surface area (TPSA) is 66.6 Å². The van der Waals surface area contributed by atoms with E-state index in [2.05, 4.69) is 12.1 Å². The molecular formula is C22H34ClN3O2.